The fourth-order valence-electron chi connectivity index (χ4n) is 2.04. The fourth-order valence-corrected chi connectivity index (χ4v) is 2.04. The molecule has 2 N–H and O–H groups in total. The van der Waals surface area contributed by atoms with Crippen LogP contribution in [-0.4, -0.2) is 46.2 Å². The molecule has 1 heterocycles. The van der Waals surface area contributed by atoms with E-state index in [-0.39, 0.29) is 12.5 Å². The Hall–Kier alpha value is -1.59. The van der Waals surface area contributed by atoms with Crippen molar-refractivity contribution in [3.05, 3.63) is 23.8 Å². The number of rotatable bonds is 6. The minimum atomic E-state index is -0.00297. The molecule has 1 amide bonds. The predicted octanol–water partition coefficient (Wildman–Crippen LogP) is 0.393. The van der Waals surface area contributed by atoms with Gasteiger partial charge in [0.2, 0.25) is 0 Å². The second-order valence-electron chi connectivity index (χ2n) is 4.65. The molecule has 0 atom stereocenters. The first-order valence-electron chi connectivity index (χ1n) is 6.60. The van der Waals surface area contributed by atoms with Gasteiger partial charge in [-0.15, -0.1) is 0 Å². The monoisotopic (exact) mass is 263 g/mol. The van der Waals surface area contributed by atoms with Gasteiger partial charge in [-0.25, -0.2) is 0 Å². The van der Waals surface area contributed by atoms with Gasteiger partial charge in [0, 0.05) is 20.1 Å². The number of carbonyl (C=O) groups excluding carboxylic acids is 1. The number of nitrogens with one attached hydrogen (secondary N) is 2. The SMILES string of the molecule is CNCCNCCc1ccc2c(c1)N(C)C(=O)CO2. The zero-order valence-corrected chi connectivity index (χ0v) is 11.5. The Morgan fingerprint density at radius 2 is 2.16 bits per heavy atom. The van der Waals surface area contributed by atoms with E-state index in [0.29, 0.717) is 0 Å². The van der Waals surface area contributed by atoms with Crippen molar-refractivity contribution in [3.8, 4) is 5.75 Å². The van der Waals surface area contributed by atoms with Crippen LogP contribution in [0.4, 0.5) is 5.69 Å². The summed E-state index contributed by atoms with van der Waals surface area (Å²) in [7, 11) is 3.73. The van der Waals surface area contributed by atoms with Crippen molar-refractivity contribution in [2.24, 2.45) is 0 Å². The van der Waals surface area contributed by atoms with E-state index in [1.54, 1.807) is 11.9 Å². The zero-order valence-electron chi connectivity index (χ0n) is 11.5. The van der Waals surface area contributed by atoms with E-state index >= 15 is 0 Å². The lowest BCUT2D eigenvalue weighted by atomic mass is 10.1. The normalized spacial score (nSPS) is 14.2. The number of amides is 1. The molecule has 1 aliphatic rings. The number of ether oxygens (including phenoxy) is 1. The average molecular weight is 263 g/mol. The first kappa shape index (κ1) is 13.8. The molecule has 104 valence electrons. The number of fused-ring (bicyclic) bond motifs is 1. The van der Waals surface area contributed by atoms with Crippen molar-refractivity contribution in [1.29, 1.82) is 0 Å². The van der Waals surface area contributed by atoms with Crippen LogP contribution >= 0.6 is 0 Å². The molecule has 1 aliphatic heterocycles. The Morgan fingerprint density at radius 3 is 2.95 bits per heavy atom. The third-order valence-electron chi connectivity index (χ3n) is 3.25. The lowest BCUT2D eigenvalue weighted by Gasteiger charge is -2.26. The highest BCUT2D eigenvalue weighted by atomic mass is 16.5. The van der Waals surface area contributed by atoms with Crippen molar-refractivity contribution in [3.63, 3.8) is 0 Å². The smallest absolute Gasteiger partial charge is 0.264 e. The molecule has 0 saturated carbocycles. The molecule has 0 saturated heterocycles. The van der Waals surface area contributed by atoms with Gasteiger partial charge in [0.1, 0.15) is 5.75 Å². The molecule has 5 nitrogen and oxygen atoms in total. The standard InChI is InChI=1S/C14H21N3O2/c1-15-7-8-16-6-5-11-3-4-13-12(9-11)17(2)14(18)10-19-13/h3-4,9,15-16H,5-8,10H2,1-2H3. The van der Waals surface area contributed by atoms with Gasteiger partial charge in [0.05, 0.1) is 5.69 Å². The fraction of sp³-hybridized carbons (Fsp3) is 0.500. The summed E-state index contributed by atoms with van der Waals surface area (Å²) in [5, 5.41) is 6.46. The molecule has 0 aromatic heterocycles. The zero-order chi connectivity index (χ0) is 13.7. The Balaban J connectivity index is 1.94. The molecule has 0 aliphatic carbocycles. The molecule has 1 aromatic rings. The minimum absolute atomic E-state index is 0.00297. The van der Waals surface area contributed by atoms with Crippen molar-refractivity contribution in [2.75, 3.05) is 45.2 Å². The predicted molar refractivity (Wildman–Crippen MR) is 75.8 cm³/mol. The third kappa shape index (κ3) is 3.45. The molecular formula is C14H21N3O2. The number of anilines is 1. The van der Waals surface area contributed by atoms with Gasteiger partial charge < -0.3 is 20.3 Å². The maximum Gasteiger partial charge on any atom is 0.264 e. The van der Waals surface area contributed by atoms with Gasteiger partial charge >= 0.3 is 0 Å². The van der Waals surface area contributed by atoms with Gasteiger partial charge in [0.25, 0.3) is 5.91 Å². The summed E-state index contributed by atoms with van der Waals surface area (Å²) in [6.45, 7) is 2.99. The lowest BCUT2D eigenvalue weighted by Crippen LogP contribution is -2.35. The number of hydrogen-bond donors (Lipinski definition) is 2. The molecule has 1 aromatic carbocycles. The number of hydrogen-bond acceptors (Lipinski definition) is 4. The molecule has 0 spiro atoms. The summed E-state index contributed by atoms with van der Waals surface area (Å²) < 4.78 is 5.40. The van der Waals surface area contributed by atoms with Crippen LogP contribution in [0.25, 0.3) is 0 Å². The van der Waals surface area contributed by atoms with Crippen LogP contribution < -0.4 is 20.3 Å². The summed E-state index contributed by atoms with van der Waals surface area (Å²) in [5.74, 6) is 0.783. The summed E-state index contributed by atoms with van der Waals surface area (Å²) >= 11 is 0. The third-order valence-corrected chi connectivity index (χ3v) is 3.25. The maximum atomic E-state index is 11.6. The van der Waals surface area contributed by atoms with E-state index in [0.717, 1.165) is 37.5 Å². The van der Waals surface area contributed by atoms with E-state index < -0.39 is 0 Å². The van der Waals surface area contributed by atoms with Gasteiger partial charge in [-0.05, 0) is 37.7 Å². The number of likely N-dealkylation sites (N-methyl/N-ethyl adjacent to an activating group) is 2. The number of nitrogens with zero attached hydrogens (tertiary/aromatic N) is 1. The van der Waals surface area contributed by atoms with Gasteiger partial charge in [-0.1, -0.05) is 6.07 Å². The van der Waals surface area contributed by atoms with E-state index in [2.05, 4.69) is 16.7 Å². The summed E-state index contributed by atoms with van der Waals surface area (Å²) in [4.78, 5) is 13.2. The summed E-state index contributed by atoms with van der Waals surface area (Å²) in [6.07, 6.45) is 0.943. The van der Waals surface area contributed by atoms with E-state index in [1.807, 2.05) is 19.2 Å². The van der Waals surface area contributed by atoms with Crippen molar-refractivity contribution < 1.29 is 9.53 Å². The van der Waals surface area contributed by atoms with Crippen LogP contribution in [-0.2, 0) is 11.2 Å². The van der Waals surface area contributed by atoms with Crippen LogP contribution in [0.3, 0.4) is 0 Å². The van der Waals surface area contributed by atoms with Crippen LogP contribution in [0.15, 0.2) is 18.2 Å². The first-order valence-corrected chi connectivity index (χ1v) is 6.60. The molecule has 0 bridgehead atoms. The van der Waals surface area contributed by atoms with Crippen LogP contribution in [0.5, 0.6) is 5.75 Å². The Morgan fingerprint density at radius 1 is 1.32 bits per heavy atom. The number of carbonyl (C=O) groups is 1. The van der Waals surface area contributed by atoms with Gasteiger partial charge in [-0.3, -0.25) is 4.79 Å². The molecule has 19 heavy (non-hydrogen) atoms. The van der Waals surface area contributed by atoms with E-state index in [1.165, 1.54) is 5.56 Å². The highest BCUT2D eigenvalue weighted by Crippen LogP contribution is 2.31. The topological polar surface area (TPSA) is 53.6 Å². The second kappa shape index (κ2) is 6.54. The summed E-state index contributed by atoms with van der Waals surface area (Å²) in [5.41, 5.74) is 2.07. The first-order chi connectivity index (χ1) is 9.22. The highest BCUT2D eigenvalue weighted by Gasteiger charge is 2.21. The lowest BCUT2D eigenvalue weighted by molar-refractivity contribution is -0.120. The molecule has 5 heteroatoms. The number of benzene rings is 1. The van der Waals surface area contributed by atoms with Crippen molar-refractivity contribution in [1.82, 2.24) is 10.6 Å². The second-order valence-corrected chi connectivity index (χ2v) is 4.65. The van der Waals surface area contributed by atoms with Gasteiger partial charge in [0.15, 0.2) is 6.61 Å². The largest absolute Gasteiger partial charge is 0.482 e. The molecule has 0 unspecified atom stereocenters. The molecule has 2 rings (SSSR count). The van der Waals surface area contributed by atoms with E-state index in [4.69, 9.17) is 4.74 Å². The Labute approximate surface area is 113 Å². The quantitative estimate of drug-likeness (QED) is 0.729. The summed E-state index contributed by atoms with van der Waals surface area (Å²) in [6, 6.07) is 6.04. The molecule has 0 radical (unpaired) electrons. The Kier molecular flexibility index (Phi) is 4.76. The van der Waals surface area contributed by atoms with Crippen molar-refractivity contribution >= 4 is 11.6 Å². The van der Waals surface area contributed by atoms with E-state index in [9.17, 15) is 4.79 Å². The highest BCUT2D eigenvalue weighted by molar-refractivity contribution is 5.97. The van der Waals surface area contributed by atoms with Crippen LogP contribution in [0.1, 0.15) is 5.56 Å². The van der Waals surface area contributed by atoms with Gasteiger partial charge in [-0.2, -0.15) is 0 Å². The average Bonchev–Trinajstić information content (AvgIpc) is 2.43. The minimum Gasteiger partial charge on any atom is -0.482 e. The van der Waals surface area contributed by atoms with Crippen LogP contribution in [0.2, 0.25) is 0 Å². The maximum absolute atomic E-state index is 11.6. The van der Waals surface area contributed by atoms with Crippen LogP contribution in [0, 0.1) is 0 Å². The Bertz CT molecular complexity index is 448. The van der Waals surface area contributed by atoms with Crippen molar-refractivity contribution in [2.45, 2.75) is 6.42 Å². The molecular weight excluding hydrogens is 242 g/mol. The molecule has 0 fully saturated rings.